The minimum absolute atomic E-state index is 0.133. The predicted molar refractivity (Wildman–Crippen MR) is 49.8 cm³/mol. The number of rotatable bonds is 4. The van der Waals surface area contributed by atoms with Crippen molar-refractivity contribution in [3.8, 4) is 11.5 Å². The minimum atomic E-state index is -0.335. The molecule has 0 spiro atoms. The zero-order chi connectivity index (χ0) is 9.68. The summed E-state index contributed by atoms with van der Waals surface area (Å²) >= 11 is 0. The summed E-state index contributed by atoms with van der Waals surface area (Å²) in [5.74, 6) is 0.581. The van der Waals surface area contributed by atoms with Gasteiger partial charge in [0.15, 0.2) is 17.8 Å². The van der Waals surface area contributed by atoms with Crippen LogP contribution in [-0.4, -0.2) is 18.0 Å². The molecule has 72 valence electrons. The molecule has 0 saturated carbocycles. The molecule has 1 rings (SSSR count). The van der Waals surface area contributed by atoms with E-state index in [0.717, 1.165) is 0 Å². The Kier molecular flexibility index (Phi) is 3.58. The second-order valence-electron chi connectivity index (χ2n) is 2.61. The van der Waals surface area contributed by atoms with Crippen molar-refractivity contribution in [2.75, 3.05) is 6.61 Å². The topological polar surface area (TPSA) is 38.7 Å². The Morgan fingerprint density at radius 2 is 2.08 bits per heavy atom. The molecule has 3 heteroatoms. The lowest BCUT2D eigenvalue weighted by molar-refractivity contribution is -0.0623. The van der Waals surface area contributed by atoms with Crippen LogP contribution in [0.5, 0.6) is 11.5 Å². The Morgan fingerprint density at radius 1 is 1.38 bits per heavy atom. The summed E-state index contributed by atoms with van der Waals surface area (Å²) < 4.78 is 10.5. The van der Waals surface area contributed by atoms with Crippen LogP contribution in [0.15, 0.2) is 24.3 Å². The molecule has 0 bridgehead atoms. The maximum atomic E-state index is 9.35. The van der Waals surface area contributed by atoms with Gasteiger partial charge < -0.3 is 14.6 Å². The fourth-order valence-corrected chi connectivity index (χ4v) is 1.00. The monoisotopic (exact) mass is 182 g/mol. The third kappa shape index (κ3) is 2.95. The van der Waals surface area contributed by atoms with Crippen molar-refractivity contribution in [2.45, 2.75) is 20.1 Å². The summed E-state index contributed by atoms with van der Waals surface area (Å²) in [5.41, 5.74) is 0. The molecule has 0 aliphatic rings. The van der Waals surface area contributed by atoms with Gasteiger partial charge in [0, 0.05) is 6.61 Å². The largest absolute Gasteiger partial charge is 0.504 e. The molecule has 0 heterocycles. The SMILES string of the molecule is CCO[C@H](C)Oc1ccccc1O. The molecule has 0 radical (unpaired) electrons. The van der Waals surface area contributed by atoms with Crippen molar-refractivity contribution in [3.63, 3.8) is 0 Å². The van der Waals surface area contributed by atoms with Gasteiger partial charge in [-0.25, -0.2) is 0 Å². The third-order valence-corrected chi connectivity index (χ3v) is 1.56. The van der Waals surface area contributed by atoms with Crippen molar-refractivity contribution in [1.82, 2.24) is 0 Å². The van der Waals surface area contributed by atoms with Crippen molar-refractivity contribution in [1.29, 1.82) is 0 Å². The fraction of sp³-hybridized carbons (Fsp3) is 0.400. The van der Waals surface area contributed by atoms with Crippen LogP contribution >= 0.6 is 0 Å². The van der Waals surface area contributed by atoms with Gasteiger partial charge in [-0.3, -0.25) is 0 Å². The molecular formula is C10H14O3. The molecule has 0 aliphatic heterocycles. The van der Waals surface area contributed by atoms with Gasteiger partial charge in [0.25, 0.3) is 0 Å². The van der Waals surface area contributed by atoms with Crippen LogP contribution < -0.4 is 4.74 Å². The Morgan fingerprint density at radius 3 is 2.69 bits per heavy atom. The van der Waals surface area contributed by atoms with Crippen LogP contribution in [0.1, 0.15) is 13.8 Å². The highest BCUT2D eigenvalue weighted by molar-refractivity contribution is 5.37. The minimum Gasteiger partial charge on any atom is -0.504 e. The number of ether oxygens (including phenoxy) is 2. The molecule has 0 amide bonds. The first kappa shape index (κ1) is 9.86. The number of benzene rings is 1. The van der Waals surface area contributed by atoms with Gasteiger partial charge in [-0.05, 0) is 26.0 Å². The molecule has 1 atom stereocenters. The lowest BCUT2D eigenvalue weighted by Gasteiger charge is -2.14. The normalized spacial score (nSPS) is 12.5. The Hall–Kier alpha value is -1.22. The van der Waals surface area contributed by atoms with E-state index in [1.54, 1.807) is 31.2 Å². The van der Waals surface area contributed by atoms with Gasteiger partial charge in [0.1, 0.15) is 0 Å². The zero-order valence-corrected chi connectivity index (χ0v) is 7.86. The van der Waals surface area contributed by atoms with Crippen LogP contribution in [-0.2, 0) is 4.74 Å². The van der Waals surface area contributed by atoms with E-state index in [2.05, 4.69) is 0 Å². The molecule has 13 heavy (non-hydrogen) atoms. The molecule has 0 aromatic heterocycles. The summed E-state index contributed by atoms with van der Waals surface area (Å²) in [6, 6.07) is 6.82. The number of hydrogen-bond donors (Lipinski definition) is 1. The van der Waals surface area contributed by atoms with Crippen LogP contribution in [0, 0.1) is 0 Å². The first-order chi connectivity index (χ1) is 6.24. The van der Waals surface area contributed by atoms with E-state index in [-0.39, 0.29) is 12.0 Å². The van der Waals surface area contributed by atoms with E-state index in [9.17, 15) is 5.11 Å². The van der Waals surface area contributed by atoms with E-state index in [0.29, 0.717) is 12.4 Å². The summed E-state index contributed by atoms with van der Waals surface area (Å²) in [4.78, 5) is 0. The fourth-order valence-electron chi connectivity index (χ4n) is 1.00. The summed E-state index contributed by atoms with van der Waals surface area (Å²) in [6.07, 6.45) is -0.335. The lowest BCUT2D eigenvalue weighted by atomic mass is 10.3. The molecule has 1 aromatic rings. The van der Waals surface area contributed by atoms with Crippen LogP contribution in [0.25, 0.3) is 0 Å². The Balaban J connectivity index is 2.58. The summed E-state index contributed by atoms with van der Waals surface area (Å²) in [7, 11) is 0. The van der Waals surface area contributed by atoms with Gasteiger partial charge in [0.05, 0.1) is 0 Å². The highest BCUT2D eigenvalue weighted by Gasteiger charge is 2.05. The number of hydrogen-bond acceptors (Lipinski definition) is 3. The number of para-hydroxylation sites is 2. The van der Waals surface area contributed by atoms with Crippen molar-refractivity contribution >= 4 is 0 Å². The van der Waals surface area contributed by atoms with Gasteiger partial charge in [0.2, 0.25) is 0 Å². The van der Waals surface area contributed by atoms with Crippen molar-refractivity contribution in [2.24, 2.45) is 0 Å². The van der Waals surface area contributed by atoms with E-state index in [1.807, 2.05) is 6.92 Å². The highest BCUT2D eigenvalue weighted by atomic mass is 16.7. The van der Waals surface area contributed by atoms with E-state index in [1.165, 1.54) is 0 Å². The molecular weight excluding hydrogens is 168 g/mol. The van der Waals surface area contributed by atoms with E-state index in [4.69, 9.17) is 9.47 Å². The highest BCUT2D eigenvalue weighted by Crippen LogP contribution is 2.25. The predicted octanol–water partition coefficient (Wildman–Crippen LogP) is 2.15. The van der Waals surface area contributed by atoms with Crippen molar-refractivity contribution in [3.05, 3.63) is 24.3 Å². The van der Waals surface area contributed by atoms with Crippen molar-refractivity contribution < 1.29 is 14.6 Å². The van der Waals surface area contributed by atoms with Gasteiger partial charge in [-0.1, -0.05) is 12.1 Å². The first-order valence-electron chi connectivity index (χ1n) is 4.30. The van der Waals surface area contributed by atoms with Gasteiger partial charge in [-0.2, -0.15) is 0 Å². The second kappa shape index (κ2) is 4.72. The quantitative estimate of drug-likeness (QED) is 0.725. The summed E-state index contributed by atoms with van der Waals surface area (Å²) in [5, 5.41) is 9.35. The maximum Gasteiger partial charge on any atom is 0.197 e. The number of aromatic hydroxyl groups is 1. The van der Waals surface area contributed by atoms with Gasteiger partial charge in [-0.15, -0.1) is 0 Å². The average Bonchev–Trinajstić information content (AvgIpc) is 2.09. The lowest BCUT2D eigenvalue weighted by Crippen LogP contribution is -2.15. The molecule has 3 nitrogen and oxygen atoms in total. The van der Waals surface area contributed by atoms with E-state index < -0.39 is 0 Å². The van der Waals surface area contributed by atoms with Crippen LogP contribution in [0.4, 0.5) is 0 Å². The Bertz CT molecular complexity index is 260. The smallest absolute Gasteiger partial charge is 0.197 e. The molecule has 1 aromatic carbocycles. The molecule has 0 aliphatic carbocycles. The average molecular weight is 182 g/mol. The van der Waals surface area contributed by atoms with Crippen LogP contribution in [0.2, 0.25) is 0 Å². The Labute approximate surface area is 77.9 Å². The molecule has 1 N–H and O–H groups in total. The number of phenols is 1. The first-order valence-corrected chi connectivity index (χ1v) is 4.30. The second-order valence-corrected chi connectivity index (χ2v) is 2.61. The maximum absolute atomic E-state index is 9.35. The molecule has 0 unspecified atom stereocenters. The van der Waals surface area contributed by atoms with E-state index >= 15 is 0 Å². The third-order valence-electron chi connectivity index (χ3n) is 1.56. The number of phenolic OH excluding ortho intramolecular Hbond substituents is 1. The van der Waals surface area contributed by atoms with Crippen LogP contribution in [0.3, 0.4) is 0 Å². The molecule has 0 fully saturated rings. The zero-order valence-electron chi connectivity index (χ0n) is 7.86. The molecule has 0 saturated heterocycles. The standard InChI is InChI=1S/C10H14O3/c1-3-12-8(2)13-10-7-5-4-6-9(10)11/h4-8,11H,3H2,1-2H3/t8-/m0/s1. The van der Waals surface area contributed by atoms with Gasteiger partial charge >= 0.3 is 0 Å². The summed E-state index contributed by atoms with van der Waals surface area (Å²) in [6.45, 7) is 4.27.